The van der Waals surface area contributed by atoms with E-state index in [-0.39, 0.29) is 12.3 Å². The van der Waals surface area contributed by atoms with Crippen LogP contribution in [-0.2, 0) is 16.0 Å². The van der Waals surface area contributed by atoms with Crippen molar-refractivity contribution in [2.24, 2.45) is 5.92 Å². The van der Waals surface area contributed by atoms with Crippen molar-refractivity contribution in [2.45, 2.75) is 19.3 Å². The van der Waals surface area contributed by atoms with Crippen LogP contribution in [0.15, 0.2) is 18.3 Å². The Balaban J connectivity index is 1.96. The zero-order valence-electron chi connectivity index (χ0n) is 10.6. The van der Waals surface area contributed by atoms with Gasteiger partial charge in [0.15, 0.2) is 0 Å². The van der Waals surface area contributed by atoms with E-state index in [0.717, 1.165) is 6.42 Å². The Morgan fingerprint density at radius 2 is 2.26 bits per heavy atom. The van der Waals surface area contributed by atoms with Gasteiger partial charge in [-0.05, 0) is 25.0 Å². The molecule has 1 aliphatic heterocycles. The minimum absolute atomic E-state index is 0.0804. The van der Waals surface area contributed by atoms with Crippen molar-refractivity contribution in [3.8, 4) is 0 Å². The summed E-state index contributed by atoms with van der Waals surface area (Å²) in [5.41, 5.74) is 6.73. The Morgan fingerprint density at radius 3 is 2.89 bits per heavy atom. The summed E-state index contributed by atoms with van der Waals surface area (Å²) in [6.07, 6.45) is 3.07. The Labute approximate surface area is 111 Å². The zero-order chi connectivity index (χ0) is 13.8. The lowest BCUT2D eigenvalue weighted by molar-refractivity contribution is -0.145. The van der Waals surface area contributed by atoms with Crippen molar-refractivity contribution in [1.29, 1.82) is 0 Å². The van der Waals surface area contributed by atoms with E-state index in [9.17, 15) is 9.59 Å². The molecular formula is C13H17N3O3. The number of anilines is 1. The van der Waals surface area contributed by atoms with E-state index >= 15 is 0 Å². The van der Waals surface area contributed by atoms with Gasteiger partial charge in [-0.15, -0.1) is 0 Å². The Hall–Kier alpha value is -2.11. The van der Waals surface area contributed by atoms with Gasteiger partial charge >= 0.3 is 5.97 Å². The summed E-state index contributed by atoms with van der Waals surface area (Å²) >= 11 is 0. The molecule has 1 unspecified atom stereocenters. The number of carbonyl (C=O) groups is 2. The number of hydrogen-bond donors (Lipinski definition) is 2. The molecule has 0 aliphatic carbocycles. The maximum absolute atomic E-state index is 12.1. The van der Waals surface area contributed by atoms with E-state index in [1.165, 1.54) is 6.20 Å². The molecule has 1 aromatic heterocycles. The predicted molar refractivity (Wildman–Crippen MR) is 69.3 cm³/mol. The van der Waals surface area contributed by atoms with Gasteiger partial charge in [0.05, 0.1) is 24.2 Å². The van der Waals surface area contributed by atoms with Gasteiger partial charge in [0.25, 0.3) is 0 Å². The number of nitrogen functional groups attached to an aromatic ring is 1. The third-order valence-corrected chi connectivity index (χ3v) is 3.30. The standard InChI is InChI=1S/C13H17N3O3/c14-10-3-4-11(15-7-10)6-12(17)16-5-1-2-9(8-16)13(18)19/h3-4,7,9H,1-2,5-6,8,14H2,(H,18,19). The number of carbonyl (C=O) groups excluding carboxylic acids is 1. The van der Waals surface area contributed by atoms with E-state index in [1.54, 1.807) is 17.0 Å². The number of amides is 1. The van der Waals surface area contributed by atoms with Crippen molar-refractivity contribution >= 4 is 17.6 Å². The number of nitrogens with two attached hydrogens (primary N) is 1. The third kappa shape index (κ3) is 3.43. The molecule has 1 saturated heterocycles. The van der Waals surface area contributed by atoms with Crippen LogP contribution in [-0.4, -0.2) is 40.0 Å². The first kappa shape index (κ1) is 13.3. The first-order valence-corrected chi connectivity index (χ1v) is 6.27. The van der Waals surface area contributed by atoms with Gasteiger partial charge in [0, 0.05) is 18.8 Å². The van der Waals surface area contributed by atoms with Gasteiger partial charge in [0.1, 0.15) is 0 Å². The number of carboxylic acids is 1. The molecule has 6 heteroatoms. The molecule has 0 bridgehead atoms. The largest absolute Gasteiger partial charge is 0.481 e. The fourth-order valence-electron chi connectivity index (χ4n) is 2.21. The first-order valence-electron chi connectivity index (χ1n) is 6.27. The molecule has 2 rings (SSSR count). The summed E-state index contributed by atoms with van der Waals surface area (Å²) in [6.45, 7) is 0.917. The highest BCUT2D eigenvalue weighted by Crippen LogP contribution is 2.17. The molecule has 1 atom stereocenters. The van der Waals surface area contributed by atoms with Crippen LogP contribution in [0.4, 0.5) is 5.69 Å². The average molecular weight is 263 g/mol. The quantitative estimate of drug-likeness (QED) is 0.829. The number of likely N-dealkylation sites (tertiary alicyclic amines) is 1. The molecule has 6 nitrogen and oxygen atoms in total. The fraction of sp³-hybridized carbons (Fsp3) is 0.462. The molecule has 102 valence electrons. The van der Waals surface area contributed by atoms with Gasteiger partial charge in [-0.2, -0.15) is 0 Å². The smallest absolute Gasteiger partial charge is 0.308 e. The van der Waals surface area contributed by atoms with Crippen LogP contribution >= 0.6 is 0 Å². The van der Waals surface area contributed by atoms with E-state index in [2.05, 4.69) is 4.98 Å². The molecule has 19 heavy (non-hydrogen) atoms. The molecule has 0 aromatic carbocycles. The predicted octanol–water partition coefficient (Wildman–Crippen LogP) is 0.529. The molecule has 3 N–H and O–H groups in total. The summed E-state index contributed by atoms with van der Waals surface area (Å²) < 4.78 is 0. The number of rotatable bonds is 3. The van der Waals surface area contributed by atoms with Crippen molar-refractivity contribution in [1.82, 2.24) is 9.88 Å². The average Bonchev–Trinajstić information content (AvgIpc) is 2.41. The van der Waals surface area contributed by atoms with E-state index in [4.69, 9.17) is 10.8 Å². The molecule has 1 aliphatic rings. The molecule has 0 radical (unpaired) electrons. The topological polar surface area (TPSA) is 96.5 Å². The van der Waals surface area contributed by atoms with E-state index < -0.39 is 11.9 Å². The molecule has 0 spiro atoms. The Morgan fingerprint density at radius 1 is 1.47 bits per heavy atom. The molecule has 1 fully saturated rings. The summed E-state index contributed by atoms with van der Waals surface area (Å²) in [5, 5.41) is 8.99. The van der Waals surface area contributed by atoms with Gasteiger partial charge < -0.3 is 15.7 Å². The van der Waals surface area contributed by atoms with Gasteiger partial charge in [-0.1, -0.05) is 0 Å². The second-order valence-electron chi connectivity index (χ2n) is 4.78. The van der Waals surface area contributed by atoms with Gasteiger partial charge in [-0.25, -0.2) is 0 Å². The minimum Gasteiger partial charge on any atom is -0.481 e. The Kier molecular flexibility index (Phi) is 3.99. The number of hydrogen-bond acceptors (Lipinski definition) is 4. The summed E-state index contributed by atoms with van der Waals surface area (Å²) in [6, 6.07) is 3.41. The summed E-state index contributed by atoms with van der Waals surface area (Å²) in [5.74, 6) is -1.36. The first-order chi connectivity index (χ1) is 9.06. The molecule has 0 saturated carbocycles. The molecule has 1 aromatic rings. The number of pyridine rings is 1. The minimum atomic E-state index is -0.830. The van der Waals surface area contributed by atoms with Crippen molar-refractivity contribution < 1.29 is 14.7 Å². The second-order valence-corrected chi connectivity index (χ2v) is 4.78. The SMILES string of the molecule is Nc1ccc(CC(=O)N2CCCC(C(=O)O)C2)nc1. The third-order valence-electron chi connectivity index (χ3n) is 3.30. The van der Waals surface area contributed by atoms with Crippen molar-refractivity contribution in [2.75, 3.05) is 18.8 Å². The monoisotopic (exact) mass is 263 g/mol. The van der Waals surface area contributed by atoms with Gasteiger partial charge in [0.2, 0.25) is 5.91 Å². The highest BCUT2D eigenvalue weighted by atomic mass is 16.4. The Bertz CT molecular complexity index is 473. The van der Waals surface area contributed by atoms with E-state index in [1.807, 2.05) is 0 Å². The van der Waals surface area contributed by atoms with Crippen LogP contribution in [0.2, 0.25) is 0 Å². The normalized spacial score (nSPS) is 19.2. The van der Waals surface area contributed by atoms with Crippen molar-refractivity contribution in [3.05, 3.63) is 24.0 Å². The number of carboxylic acid groups (broad SMARTS) is 1. The van der Waals surface area contributed by atoms with Crippen LogP contribution in [0.1, 0.15) is 18.5 Å². The lowest BCUT2D eigenvalue weighted by atomic mass is 9.98. The highest BCUT2D eigenvalue weighted by molar-refractivity contribution is 5.79. The maximum atomic E-state index is 12.1. The van der Waals surface area contributed by atoms with Gasteiger partial charge in [-0.3, -0.25) is 14.6 Å². The molecule has 1 amide bonds. The highest BCUT2D eigenvalue weighted by Gasteiger charge is 2.28. The number of piperidine rings is 1. The van der Waals surface area contributed by atoms with Crippen LogP contribution < -0.4 is 5.73 Å². The lowest BCUT2D eigenvalue weighted by Crippen LogP contribution is -2.43. The molecular weight excluding hydrogens is 246 g/mol. The number of aromatic nitrogens is 1. The van der Waals surface area contributed by atoms with Crippen LogP contribution in [0, 0.1) is 5.92 Å². The van der Waals surface area contributed by atoms with Crippen molar-refractivity contribution in [3.63, 3.8) is 0 Å². The summed E-state index contributed by atoms with van der Waals surface area (Å²) in [7, 11) is 0. The van der Waals surface area contributed by atoms with Crippen LogP contribution in [0.25, 0.3) is 0 Å². The number of nitrogens with zero attached hydrogens (tertiary/aromatic N) is 2. The van der Waals surface area contributed by atoms with E-state index in [0.29, 0.717) is 30.9 Å². The van der Waals surface area contributed by atoms with Crippen LogP contribution in [0.5, 0.6) is 0 Å². The fourth-order valence-corrected chi connectivity index (χ4v) is 2.21. The lowest BCUT2D eigenvalue weighted by Gasteiger charge is -2.30. The maximum Gasteiger partial charge on any atom is 0.308 e. The summed E-state index contributed by atoms with van der Waals surface area (Å²) in [4.78, 5) is 28.7. The zero-order valence-corrected chi connectivity index (χ0v) is 10.6. The molecule has 2 heterocycles. The number of aliphatic carboxylic acids is 1. The van der Waals surface area contributed by atoms with Crippen LogP contribution in [0.3, 0.4) is 0 Å². The second kappa shape index (κ2) is 5.69.